The molecule has 2 aromatic rings. The van der Waals surface area contributed by atoms with E-state index < -0.39 is 17.7 Å². The lowest BCUT2D eigenvalue weighted by Crippen LogP contribution is -2.32. The normalized spacial score (nSPS) is 11.7. The van der Waals surface area contributed by atoms with Crippen LogP contribution < -0.4 is 24.3 Å². The van der Waals surface area contributed by atoms with Crippen LogP contribution in [0.5, 0.6) is 23.0 Å². The van der Waals surface area contributed by atoms with Gasteiger partial charge in [-0.1, -0.05) is 23.2 Å². The van der Waals surface area contributed by atoms with Gasteiger partial charge in [0.05, 0.1) is 38.1 Å². The SMILES string of the molecule is CCOc1c(Cl)ccc(NC(=O)C(N=Nc2c(OC)ccc(OC)c2Cl)C(C)=O)c1OCC. The number of nitrogens with zero attached hydrogens (tertiary/aromatic N) is 2. The van der Waals surface area contributed by atoms with Crippen molar-refractivity contribution in [2.75, 3.05) is 32.8 Å². The fourth-order valence-electron chi connectivity index (χ4n) is 2.78. The molecule has 0 radical (unpaired) electrons. The second kappa shape index (κ2) is 12.3. The standard InChI is InChI=1S/C22H25Cl2N3O6/c1-6-32-20-13(23)8-9-14(21(20)33-7-2)25-22(29)18(12(3)28)26-27-19-16(31-5)11-10-15(30-4)17(19)24/h8-11,18H,6-7H2,1-5H3,(H,25,29). The van der Waals surface area contributed by atoms with Gasteiger partial charge in [-0.3, -0.25) is 9.59 Å². The summed E-state index contributed by atoms with van der Waals surface area (Å²) in [6, 6.07) is 4.82. The van der Waals surface area contributed by atoms with E-state index in [0.29, 0.717) is 29.7 Å². The molecule has 1 atom stereocenters. The first kappa shape index (κ1) is 26.2. The lowest BCUT2D eigenvalue weighted by Gasteiger charge is -2.18. The van der Waals surface area contributed by atoms with Crippen LogP contribution in [0.25, 0.3) is 0 Å². The average molecular weight is 498 g/mol. The van der Waals surface area contributed by atoms with Crippen LogP contribution in [0.2, 0.25) is 10.0 Å². The molecule has 0 heterocycles. The predicted molar refractivity (Wildman–Crippen MR) is 126 cm³/mol. The van der Waals surface area contributed by atoms with Gasteiger partial charge in [0.15, 0.2) is 17.3 Å². The highest BCUT2D eigenvalue weighted by atomic mass is 35.5. The fraction of sp³-hybridized carbons (Fsp3) is 0.364. The number of anilines is 1. The number of Topliss-reactive ketones (excluding diaryl/α,β-unsaturated/α-hetero) is 1. The van der Waals surface area contributed by atoms with Crippen LogP contribution in [0.4, 0.5) is 11.4 Å². The summed E-state index contributed by atoms with van der Waals surface area (Å²) in [6.45, 7) is 5.43. The lowest BCUT2D eigenvalue weighted by molar-refractivity contribution is -0.126. The largest absolute Gasteiger partial charge is 0.495 e. The Morgan fingerprint density at radius 3 is 2.15 bits per heavy atom. The number of methoxy groups -OCH3 is 2. The molecule has 2 rings (SSSR count). The van der Waals surface area contributed by atoms with Crippen LogP contribution in [-0.2, 0) is 9.59 Å². The number of amides is 1. The second-order valence-electron chi connectivity index (χ2n) is 6.47. The van der Waals surface area contributed by atoms with Crippen molar-refractivity contribution in [1.82, 2.24) is 0 Å². The molecule has 1 amide bonds. The highest BCUT2D eigenvalue weighted by Gasteiger charge is 2.26. The molecule has 0 saturated heterocycles. The van der Waals surface area contributed by atoms with E-state index in [2.05, 4.69) is 15.5 Å². The zero-order valence-electron chi connectivity index (χ0n) is 18.9. The van der Waals surface area contributed by atoms with Gasteiger partial charge in [-0.05, 0) is 45.0 Å². The number of azo groups is 1. The van der Waals surface area contributed by atoms with Crippen molar-refractivity contribution in [2.45, 2.75) is 26.8 Å². The monoisotopic (exact) mass is 497 g/mol. The van der Waals surface area contributed by atoms with Gasteiger partial charge in [-0.25, -0.2) is 0 Å². The van der Waals surface area contributed by atoms with Crippen molar-refractivity contribution < 1.29 is 28.5 Å². The first-order chi connectivity index (χ1) is 15.8. The number of ketones is 1. The highest BCUT2D eigenvalue weighted by molar-refractivity contribution is 6.34. The Bertz CT molecular complexity index is 1050. The van der Waals surface area contributed by atoms with Gasteiger partial charge in [-0.2, -0.15) is 5.11 Å². The number of benzene rings is 2. The van der Waals surface area contributed by atoms with Crippen molar-refractivity contribution in [3.63, 3.8) is 0 Å². The topological polar surface area (TPSA) is 108 Å². The Kier molecular flexibility index (Phi) is 9.74. The van der Waals surface area contributed by atoms with Gasteiger partial charge in [0.2, 0.25) is 6.04 Å². The van der Waals surface area contributed by atoms with Gasteiger partial charge in [0, 0.05) is 0 Å². The van der Waals surface area contributed by atoms with E-state index in [-0.39, 0.29) is 27.9 Å². The third-order valence-electron chi connectivity index (χ3n) is 4.29. The number of hydrogen-bond donors (Lipinski definition) is 1. The molecule has 0 aliphatic carbocycles. The van der Waals surface area contributed by atoms with Crippen LogP contribution in [0.15, 0.2) is 34.5 Å². The molecular formula is C22H25Cl2N3O6. The number of carbonyl (C=O) groups is 2. The molecule has 178 valence electrons. The summed E-state index contributed by atoms with van der Waals surface area (Å²) in [7, 11) is 2.87. The number of nitrogens with one attached hydrogen (secondary N) is 1. The minimum absolute atomic E-state index is 0.123. The summed E-state index contributed by atoms with van der Waals surface area (Å²) >= 11 is 12.5. The maximum Gasteiger partial charge on any atom is 0.258 e. The third-order valence-corrected chi connectivity index (χ3v) is 4.95. The van der Waals surface area contributed by atoms with Crippen molar-refractivity contribution in [3.8, 4) is 23.0 Å². The Morgan fingerprint density at radius 1 is 0.970 bits per heavy atom. The Balaban J connectivity index is 2.40. The second-order valence-corrected chi connectivity index (χ2v) is 7.25. The van der Waals surface area contributed by atoms with E-state index in [1.54, 1.807) is 38.1 Å². The molecule has 2 aromatic carbocycles. The van der Waals surface area contributed by atoms with Gasteiger partial charge in [-0.15, -0.1) is 5.11 Å². The fourth-order valence-corrected chi connectivity index (χ4v) is 3.26. The van der Waals surface area contributed by atoms with Gasteiger partial charge >= 0.3 is 0 Å². The van der Waals surface area contributed by atoms with E-state index in [9.17, 15) is 9.59 Å². The van der Waals surface area contributed by atoms with E-state index in [4.69, 9.17) is 42.1 Å². The van der Waals surface area contributed by atoms with Crippen LogP contribution >= 0.6 is 23.2 Å². The van der Waals surface area contributed by atoms with E-state index in [0.717, 1.165) is 0 Å². The summed E-state index contributed by atoms with van der Waals surface area (Å²) < 4.78 is 21.6. The molecule has 33 heavy (non-hydrogen) atoms. The van der Waals surface area contributed by atoms with Crippen molar-refractivity contribution in [1.29, 1.82) is 0 Å². The molecule has 11 heteroatoms. The molecular weight excluding hydrogens is 473 g/mol. The number of rotatable bonds is 11. The molecule has 0 aliphatic rings. The zero-order valence-corrected chi connectivity index (χ0v) is 20.4. The quantitative estimate of drug-likeness (QED) is 0.324. The lowest BCUT2D eigenvalue weighted by atomic mass is 10.2. The Hall–Kier alpha value is -3.04. The maximum absolute atomic E-state index is 12.9. The molecule has 0 aliphatic heterocycles. The molecule has 0 saturated carbocycles. The molecule has 0 bridgehead atoms. The smallest absolute Gasteiger partial charge is 0.258 e. The van der Waals surface area contributed by atoms with Crippen LogP contribution in [0.1, 0.15) is 20.8 Å². The summed E-state index contributed by atoms with van der Waals surface area (Å²) in [5.74, 6) is -0.100. The number of ether oxygens (including phenoxy) is 4. The number of halogens is 2. The van der Waals surface area contributed by atoms with Crippen LogP contribution in [-0.4, -0.2) is 45.2 Å². The summed E-state index contributed by atoms with van der Waals surface area (Å²) in [6.07, 6.45) is 0. The van der Waals surface area contributed by atoms with Crippen molar-refractivity contribution in [3.05, 3.63) is 34.3 Å². The Labute approximate surface area is 202 Å². The first-order valence-corrected chi connectivity index (χ1v) is 10.7. The van der Waals surface area contributed by atoms with Gasteiger partial charge in [0.25, 0.3) is 5.91 Å². The van der Waals surface area contributed by atoms with Crippen LogP contribution in [0.3, 0.4) is 0 Å². The first-order valence-electron chi connectivity index (χ1n) is 9.99. The van der Waals surface area contributed by atoms with Gasteiger partial charge in [0.1, 0.15) is 22.2 Å². The number of carbonyl (C=O) groups excluding carboxylic acids is 2. The maximum atomic E-state index is 12.9. The minimum atomic E-state index is -1.46. The molecule has 1 N–H and O–H groups in total. The molecule has 1 unspecified atom stereocenters. The Morgan fingerprint density at radius 2 is 1.58 bits per heavy atom. The molecule has 0 aromatic heterocycles. The molecule has 0 spiro atoms. The predicted octanol–water partition coefficient (Wildman–Crippen LogP) is 5.49. The van der Waals surface area contributed by atoms with E-state index in [1.165, 1.54) is 21.1 Å². The van der Waals surface area contributed by atoms with E-state index >= 15 is 0 Å². The third kappa shape index (κ3) is 6.27. The summed E-state index contributed by atoms with van der Waals surface area (Å²) in [5.41, 5.74) is 0.394. The van der Waals surface area contributed by atoms with Gasteiger partial charge < -0.3 is 24.3 Å². The van der Waals surface area contributed by atoms with Crippen molar-refractivity contribution >= 4 is 46.3 Å². The molecule has 9 nitrogen and oxygen atoms in total. The number of hydrogen-bond acceptors (Lipinski definition) is 8. The van der Waals surface area contributed by atoms with Crippen LogP contribution in [0, 0.1) is 0 Å². The highest BCUT2D eigenvalue weighted by Crippen LogP contribution is 2.43. The average Bonchev–Trinajstić information content (AvgIpc) is 2.78. The zero-order chi connectivity index (χ0) is 24.5. The molecule has 0 fully saturated rings. The summed E-state index contributed by atoms with van der Waals surface area (Å²) in [4.78, 5) is 25.2. The summed E-state index contributed by atoms with van der Waals surface area (Å²) in [5, 5.41) is 11.0. The minimum Gasteiger partial charge on any atom is -0.495 e. The van der Waals surface area contributed by atoms with E-state index in [1.807, 2.05) is 0 Å². The van der Waals surface area contributed by atoms with Crippen molar-refractivity contribution in [2.24, 2.45) is 10.2 Å².